The summed E-state index contributed by atoms with van der Waals surface area (Å²) in [5.74, 6) is -0.0711. The van der Waals surface area contributed by atoms with E-state index in [1.807, 2.05) is 62.4 Å². The Morgan fingerprint density at radius 1 is 1.26 bits per heavy atom. The van der Waals surface area contributed by atoms with Crippen molar-refractivity contribution in [2.45, 2.75) is 26.4 Å². The number of hydrogen-bond donors (Lipinski definition) is 1. The standard InChI is InChI=1S/C18H18ClN3O/c1-12-16-8-3-4-9-17(16)22(21-12)13(2)18(23)20-11-14-6-5-7-15(19)10-14/h3-10,13H,11H2,1-2H3,(H,20,23)/t13-/m1/s1. The summed E-state index contributed by atoms with van der Waals surface area (Å²) in [5, 5.41) is 9.19. The number of carbonyl (C=O) groups excluding carboxylic acids is 1. The van der Waals surface area contributed by atoms with Gasteiger partial charge in [0.1, 0.15) is 6.04 Å². The van der Waals surface area contributed by atoms with Crippen LogP contribution in [0.2, 0.25) is 5.02 Å². The maximum atomic E-state index is 12.4. The summed E-state index contributed by atoms with van der Waals surface area (Å²) >= 11 is 5.96. The molecule has 2 aromatic carbocycles. The van der Waals surface area contributed by atoms with E-state index in [1.165, 1.54) is 0 Å². The summed E-state index contributed by atoms with van der Waals surface area (Å²) in [4.78, 5) is 12.4. The number of benzene rings is 2. The van der Waals surface area contributed by atoms with E-state index in [4.69, 9.17) is 11.6 Å². The zero-order valence-corrected chi connectivity index (χ0v) is 13.8. The fourth-order valence-corrected chi connectivity index (χ4v) is 2.85. The molecule has 5 heteroatoms. The molecule has 1 heterocycles. The van der Waals surface area contributed by atoms with Gasteiger partial charge < -0.3 is 5.32 Å². The van der Waals surface area contributed by atoms with Crippen LogP contribution in [0.15, 0.2) is 48.5 Å². The minimum atomic E-state index is -0.382. The third-order valence-electron chi connectivity index (χ3n) is 3.90. The van der Waals surface area contributed by atoms with E-state index in [2.05, 4.69) is 10.4 Å². The maximum Gasteiger partial charge on any atom is 0.244 e. The molecule has 0 unspecified atom stereocenters. The molecule has 4 nitrogen and oxygen atoms in total. The molecular weight excluding hydrogens is 310 g/mol. The normalized spacial score (nSPS) is 12.3. The molecule has 1 N–H and O–H groups in total. The van der Waals surface area contributed by atoms with Crippen LogP contribution in [0.4, 0.5) is 0 Å². The number of nitrogens with zero attached hydrogens (tertiary/aromatic N) is 2. The fourth-order valence-electron chi connectivity index (χ4n) is 2.64. The molecule has 0 aliphatic heterocycles. The molecule has 118 valence electrons. The van der Waals surface area contributed by atoms with Crippen LogP contribution in [0, 0.1) is 6.92 Å². The second-order valence-corrected chi connectivity index (χ2v) is 6.01. The lowest BCUT2D eigenvalue weighted by atomic mass is 10.2. The number of hydrogen-bond acceptors (Lipinski definition) is 2. The Morgan fingerprint density at radius 3 is 2.83 bits per heavy atom. The Labute approximate surface area is 140 Å². The molecule has 0 fully saturated rings. The minimum Gasteiger partial charge on any atom is -0.350 e. The maximum absolute atomic E-state index is 12.4. The average molecular weight is 328 g/mol. The van der Waals surface area contributed by atoms with E-state index in [0.29, 0.717) is 11.6 Å². The van der Waals surface area contributed by atoms with Gasteiger partial charge in [0.25, 0.3) is 0 Å². The lowest BCUT2D eigenvalue weighted by Gasteiger charge is -2.14. The van der Waals surface area contributed by atoms with Gasteiger partial charge in [0.2, 0.25) is 5.91 Å². The highest BCUT2D eigenvalue weighted by Crippen LogP contribution is 2.21. The van der Waals surface area contributed by atoms with Gasteiger partial charge in [0.15, 0.2) is 0 Å². The van der Waals surface area contributed by atoms with Crippen LogP contribution in [0.5, 0.6) is 0 Å². The van der Waals surface area contributed by atoms with Crippen LogP contribution >= 0.6 is 11.6 Å². The second kappa shape index (κ2) is 6.42. The molecule has 0 aliphatic rings. The lowest BCUT2D eigenvalue weighted by molar-refractivity contribution is -0.124. The van der Waals surface area contributed by atoms with Gasteiger partial charge in [-0.2, -0.15) is 5.10 Å². The van der Waals surface area contributed by atoms with Gasteiger partial charge in [-0.3, -0.25) is 9.48 Å². The van der Waals surface area contributed by atoms with Crippen LogP contribution < -0.4 is 5.32 Å². The van der Waals surface area contributed by atoms with Gasteiger partial charge in [-0.15, -0.1) is 0 Å². The first-order valence-electron chi connectivity index (χ1n) is 7.52. The largest absolute Gasteiger partial charge is 0.350 e. The summed E-state index contributed by atoms with van der Waals surface area (Å²) in [6, 6.07) is 15.0. The first-order chi connectivity index (χ1) is 11.1. The van der Waals surface area contributed by atoms with Crippen LogP contribution in [0.1, 0.15) is 24.2 Å². The highest BCUT2D eigenvalue weighted by molar-refractivity contribution is 6.30. The Hall–Kier alpha value is -2.33. The van der Waals surface area contributed by atoms with Gasteiger partial charge in [0, 0.05) is 17.0 Å². The van der Waals surface area contributed by atoms with Crippen LogP contribution in [0.25, 0.3) is 10.9 Å². The Kier molecular flexibility index (Phi) is 4.35. The van der Waals surface area contributed by atoms with Crippen LogP contribution in [-0.2, 0) is 11.3 Å². The zero-order valence-electron chi connectivity index (χ0n) is 13.1. The SMILES string of the molecule is Cc1nn([C@H](C)C(=O)NCc2cccc(Cl)c2)c2ccccc12. The molecule has 0 radical (unpaired) electrons. The molecule has 0 aliphatic carbocycles. The number of halogens is 1. The summed E-state index contributed by atoms with van der Waals surface area (Å²) in [7, 11) is 0. The van der Waals surface area contributed by atoms with Gasteiger partial charge in [-0.05, 0) is 37.6 Å². The van der Waals surface area contributed by atoms with Gasteiger partial charge in [-0.25, -0.2) is 0 Å². The molecule has 1 amide bonds. The summed E-state index contributed by atoms with van der Waals surface area (Å²) in [6.45, 7) is 4.25. The Balaban J connectivity index is 1.76. The molecule has 3 aromatic rings. The van der Waals surface area contributed by atoms with Crippen molar-refractivity contribution in [2.75, 3.05) is 0 Å². The predicted octanol–water partition coefficient (Wildman–Crippen LogP) is 3.88. The first-order valence-corrected chi connectivity index (χ1v) is 7.90. The highest BCUT2D eigenvalue weighted by atomic mass is 35.5. The first kappa shape index (κ1) is 15.6. The number of rotatable bonds is 4. The monoisotopic (exact) mass is 327 g/mol. The number of aryl methyl sites for hydroxylation is 1. The van der Waals surface area contributed by atoms with Crippen molar-refractivity contribution in [3.8, 4) is 0 Å². The predicted molar refractivity (Wildman–Crippen MR) is 92.5 cm³/mol. The zero-order chi connectivity index (χ0) is 16.4. The van der Waals surface area contributed by atoms with E-state index < -0.39 is 0 Å². The number of aromatic nitrogens is 2. The Morgan fingerprint density at radius 2 is 2.04 bits per heavy atom. The summed E-state index contributed by atoms with van der Waals surface area (Å²) < 4.78 is 1.78. The third-order valence-corrected chi connectivity index (χ3v) is 4.14. The topological polar surface area (TPSA) is 46.9 Å². The molecule has 0 saturated carbocycles. The van der Waals surface area contributed by atoms with Gasteiger partial charge in [-0.1, -0.05) is 41.9 Å². The fraction of sp³-hybridized carbons (Fsp3) is 0.222. The second-order valence-electron chi connectivity index (χ2n) is 5.57. The molecule has 1 aromatic heterocycles. The van der Waals surface area contributed by atoms with Crippen molar-refractivity contribution >= 4 is 28.4 Å². The number of para-hydroxylation sites is 1. The summed E-state index contributed by atoms with van der Waals surface area (Å²) in [6.07, 6.45) is 0. The van der Waals surface area contributed by atoms with Crippen molar-refractivity contribution in [1.29, 1.82) is 0 Å². The molecule has 3 rings (SSSR count). The minimum absolute atomic E-state index is 0.0711. The molecular formula is C18H18ClN3O. The number of carbonyl (C=O) groups is 1. The lowest BCUT2D eigenvalue weighted by Crippen LogP contribution is -2.31. The summed E-state index contributed by atoms with van der Waals surface area (Å²) in [5.41, 5.74) is 2.87. The average Bonchev–Trinajstić information content (AvgIpc) is 2.89. The van der Waals surface area contributed by atoms with Crippen molar-refractivity contribution < 1.29 is 4.79 Å². The number of amides is 1. The molecule has 0 bridgehead atoms. The van der Waals surface area contributed by atoms with Crippen molar-refractivity contribution in [3.63, 3.8) is 0 Å². The van der Waals surface area contributed by atoms with E-state index in [9.17, 15) is 4.79 Å². The molecule has 23 heavy (non-hydrogen) atoms. The van der Waals surface area contributed by atoms with Gasteiger partial charge in [0.05, 0.1) is 11.2 Å². The molecule has 1 atom stereocenters. The Bertz CT molecular complexity index is 856. The van der Waals surface area contributed by atoms with E-state index in [-0.39, 0.29) is 11.9 Å². The van der Waals surface area contributed by atoms with E-state index in [1.54, 1.807) is 4.68 Å². The molecule has 0 spiro atoms. The van der Waals surface area contributed by atoms with Crippen molar-refractivity contribution in [3.05, 3.63) is 64.8 Å². The van der Waals surface area contributed by atoms with Crippen LogP contribution in [-0.4, -0.2) is 15.7 Å². The third kappa shape index (κ3) is 3.22. The van der Waals surface area contributed by atoms with Crippen LogP contribution in [0.3, 0.4) is 0 Å². The van der Waals surface area contributed by atoms with E-state index >= 15 is 0 Å². The van der Waals surface area contributed by atoms with Gasteiger partial charge >= 0.3 is 0 Å². The molecule has 0 saturated heterocycles. The highest BCUT2D eigenvalue weighted by Gasteiger charge is 2.18. The smallest absolute Gasteiger partial charge is 0.244 e. The number of nitrogens with one attached hydrogen (secondary N) is 1. The van der Waals surface area contributed by atoms with E-state index in [0.717, 1.165) is 22.2 Å². The quantitative estimate of drug-likeness (QED) is 0.790. The number of fused-ring (bicyclic) bond motifs is 1. The van der Waals surface area contributed by atoms with Crippen molar-refractivity contribution in [2.24, 2.45) is 0 Å². The van der Waals surface area contributed by atoms with Crippen molar-refractivity contribution in [1.82, 2.24) is 15.1 Å².